The highest BCUT2D eigenvalue weighted by Crippen LogP contribution is 2.41. The zero-order chi connectivity index (χ0) is 26.3. The van der Waals surface area contributed by atoms with Crippen LogP contribution in [0.15, 0.2) is 42.5 Å². The Balaban J connectivity index is 1.62. The van der Waals surface area contributed by atoms with E-state index in [2.05, 4.69) is 10.6 Å². The summed E-state index contributed by atoms with van der Waals surface area (Å²) in [5.41, 5.74) is 3.17. The summed E-state index contributed by atoms with van der Waals surface area (Å²) in [5, 5.41) is 8.08. The van der Waals surface area contributed by atoms with Crippen LogP contribution in [-0.4, -0.2) is 29.1 Å². The van der Waals surface area contributed by atoms with Gasteiger partial charge in [-0.2, -0.15) is 0 Å². The molecule has 1 aliphatic carbocycles. The monoisotopic (exact) mass is 521 g/mol. The van der Waals surface area contributed by atoms with Crippen molar-refractivity contribution in [1.29, 1.82) is 0 Å². The van der Waals surface area contributed by atoms with Gasteiger partial charge in [-0.3, -0.25) is 10.1 Å². The summed E-state index contributed by atoms with van der Waals surface area (Å²) in [4.78, 5) is 27.4. The van der Waals surface area contributed by atoms with Crippen LogP contribution in [0.25, 0.3) is 10.9 Å². The van der Waals surface area contributed by atoms with Gasteiger partial charge in [0.2, 0.25) is 5.78 Å². The van der Waals surface area contributed by atoms with Crippen molar-refractivity contribution >= 4 is 34.4 Å². The first-order valence-electron chi connectivity index (χ1n) is 13.3. The van der Waals surface area contributed by atoms with Crippen LogP contribution in [0.1, 0.15) is 92.1 Å². The van der Waals surface area contributed by atoms with E-state index in [1.807, 2.05) is 64.2 Å². The molecule has 6 nitrogen and oxygen atoms in total. The first-order valence-corrected chi connectivity index (χ1v) is 13.7. The van der Waals surface area contributed by atoms with Crippen molar-refractivity contribution < 1.29 is 14.3 Å². The number of ketones is 1. The third-order valence-electron chi connectivity index (χ3n) is 7.67. The Kier molecular flexibility index (Phi) is 7.18. The molecule has 3 aromatic rings. The van der Waals surface area contributed by atoms with Crippen molar-refractivity contribution in [3.05, 3.63) is 69.9 Å². The quantitative estimate of drug-likeness (QED) is 0.355. The average Bonchev–Trinajstić information content (AvgIpc) is 3.48. The zero-order valence-corrected chi connectivity index (χ0v) is 22.8. The largest absolute Gasteiger partial charge is 0.443 e. The predicted molar refractivity (Wildman–Crippen MR) is 147 cm³/mol. The van der Waals surface area contributed by atoms with Crippen molar-refractivity contribution in [2.75, 3.05) is 7.05 Å². The number of benzene rings is 2. The molecule has 1 aliphatic heterocycles. The number of ether oxygens (including phenoxy) is 1. The number of hydrogen-bond donors (Lipinski definition) is 2. The van der Waals surface area contributed by atoms with Crippen molar-refractivity contribution in [1.82, 2.24) is 15.2 Å². The second kappa shape index (κ2) is 10.2. The fourth-order valence-electron chi connectivity index (χ4n) is 5.98. The summed E-state index contributed by atoms with van der Waals surface area (Å²) < 4.78 is 7.14. The van der Waals surface area contributed by atoms with Crippen LogP contribution < -0.4 is 10.6 Å². The lowest BCUT2D eigenvalue weighted by atomic mass is 9.81. The van der Waals surface area contributed by atoms with Gasteiger partial charge in [0.25, 0.3) is 0 Å². The standard InChI is InChI=1S/C30H36ClN3O3/c1-30(2,3)37-29(36)34-23-15-14-21(26(32-4)18-10-6-5-7-11-18)25(31)22(23)16-24(34)28(35)27-20-13-9-8-12-19(20)17-33-27/h8-9,12-16,18,26-27,32-33H,5-7,10-11,17H2,1-4H3. The third kappa shape index (κ3) is 4.95. The second-order valence-corrected chi connectivity index (χ2v) is 11.7. The molecule has 2 atom stereocenters. The minimum absolute atomic E-state index is 0.115. The Hall–Kier alpha value is -2.67. The molecule has 5 rings (SSSR count). The molecule has 2 aromatic carbocycles. The highest BCUT2D eigenvalue weighted by molar-refractivity contribution is 6.36. The van der Waals surface area contributed by atoms with Crippen molar-refractivity contribution in [2.45, 2.75) is 77.1 Å². The predicted octanol–water partition coefficient (Wildman–Crippen LogP) is 6.95. The lowest BCUT2D eigenvalue weighted by Crippen LogP contribution is -2.31. The Labute approximate surface area is 223 Å². The van der Waals surface area contributed by atoms with E-state index in [-0.39, 0.29) is 17.5 Å². The first kappa shape index (κ1) is 26.0. The number of carbonyl (C=O) groups excluding carboxylic acids is 2. The summed E-state index contributed by atoms with van der Waals surface area (Å²) >= 11 is 7.07. The van der Waals surface area contributed by atoms with Gasteiger partial charge in [0.05, 0.1) is 22.3 Å². The summed E-state index contributed by atoms with van der Waals surface area (Å²) in [6, 6.07) is 13.1. The van der Waals surface area contributed by atoms with Gasteiger partial charge in [0.1, 0.15) is 5.60 Å². The Bertz CT molecular complexity index is 1330. The molecule has 0 saturated heterocycles. The number of hydrogen-bond acceptors (Lipinski definition) is 5. The SMILES string of the molecule is CNC(c1ccc2c(cc(C(=O)C3NCc4ccccc43)n2C(=O)OC(C)(C)C)c1Cl)C1CCCCC1. The minimum atomic E-state index is -0.714. The molecule has 37 heavy (non-hydrogen) atoms. The summed E-state index contributed by atoms with van der Waals surface area (Å²) in [5.74, 6) is 0.323. The van der Waals surface area contributed by atoms with Gasteiger partial charge in [0, 0.05) is 18.0 Å². The maximum Gasteiger partial charge on any atom is 0.419 e. The number of halogens is 1. The number of fused-ring (bicyclic) bond motifs is 2. The van der Waals surface area contributed by atoms with Crippen LogP contribution in [0, 0.1) is 5.92 Å². The van der Waals surface area contributed by atoms with E-state index in [1.165, 1.54) is 23.8 Å². The zero-order valence-electron chi connectivity index (χ0n) is 22.1. The van der Waals surface area contributed by atoms with E-state index < -0.39 is 17.7 Å². The summed E-state index contributed by atoms with van der Waals surface area (Å²) in [7, 11) is 1.98. The molecule has 1 saturated carbocycles. The molecule has 196 valence electrons. The number of rotatable bonds is 5. The summed E-state index contributed by atoms with van der Waals surface area (Å²) in [6.45, 7) is 6.06. The summed E-state index contributed by atoms with van der Waals surface area (Å²) in [6.07, 6.45) is 5.48. The number of aromatic nitrogens is 1. The Morgan fingerprint density at radius 2 is 1.84 bits per heavy atom. The van der Waals surface area contributed by atoms with Gasteiger partial charge in [-0.25, -0.2) is 9.36 Å². The van der Waals surface area contributed by atoms with E-state index in [1.54, 1.807) is 6.07 Å². The van der Waals surface area contributed by atoms with Crippen LogP contribution in [0.3, 0.4) is 0 Å². The lowest BCUT2D eigenvalue weighted by molar-refractivity contribution is 0.0534. The van der Waals surface area contributed by atoms with Gasteiger partial charge in [-0.1, -0.05) is 61.2 Å². The van der Waals surface area contributed by atoms with Gasteiger partial charge in [-0.05, 0) is 75.4 Å². The molecule has 2 aliphatic rings. The topological polar surface area (TPSA) is 72.4 Å². The van der Waals surface area contributed by atoms with Crippen LogP contribution in [0.5, 0.6) is 0 Å². The van der Waals surface area contributed by atoms with Crippen LogP contribution in [0.4, 0.5) is 4.79 Å². The fraction of sp³-hybridized carbons (Fsp3) is 0.467. The Morgan fingerprint density at radius 3 is 2.54 bits per heavy atom. The van der Waals surface area contributed by atoms with Crippen molar-refractivity contribution in [3.8, 4) is 0 Å². The molecule has 1 fully saturated rings. The molecule has 0 spiro atoms. The average molecular weight is 522 g/mol. The van der Waals surface area contributed by atoms with Gasteiger partial charge in [0.15, 0.2) is 0 Å². The van der Waals surface area contributed by atoms with E-state index in [0.29, 0.717) is 28.4 Å². The van der Waals surface area contributed by atoms with E-state index in [9.17, 15) is 9.59 Å². The molecule has 1 aromatic heterocycles. The molecular formula is C30H36ClN3O3. The van der Waals surface area contributed by atoms with Gasteiger partial charge in [-0.15, -0.1) is 0 Å². The van der Waals surface area contributed by atoms with Gasteiger partial charge < -0.3 is 10.1 Å². The number of nitrogens with one attached hydrogen (secondary N) is 2. The van der Waals surface area contributed by atoms with Crippen molar-refractivity contribution in [3.63, 3.8) is 0 Å². The smallest absolute Gasteiger partial charge is 0.419 e. The molecule has 0 bridgehead atoms. The molecule has 7 heteroatoms. The first-order chi connectivity index (χ1) is 17.7. The fourth-order valence-corrected chi connectivity index (χ4v) is 6.31. The Morgan fingerprint density at radius 1 is 1.11 bits per heavy atom. The molecule has 0 radical (unpaired) electrons. The van der Waals surface area contributed by atoms with Crippen molar-refractivity contribution in [2.24, 2.45) is 5.92 Å². The number of Topliss-reactive ketones (excluding diaryl/α,β-unsaturated/α-hetero) is 1. The highest BCUT2D eigenvalue weighted by Gasteiger charge is 2.34. The highest BCUT2D eigenvalue weighted by atomic mass is 35.5. The molecule has 2 N–H and O–H groups in total. The van der Waals surface area contributed by atoms with Gasteiger partial charge >= 0.3 is 6.09 Å². The third-order valence-corrected chi connectivity index (χ3v) is 8.09. The van der Waals surface area contributed by atoms with E-state index in [4.69, 9.17) is 16.3 Å². The van der Waals surface area contributed by atoms with E-state index in [0.717, 1.165) is 29.5 Å². The normalized spacial score (nSPS) is 19.1. The maximum atomic E-state index is 14.0. The molecule has 0 amide bonds. The lowest BCUT2D eigenvalue weighted by Gasteiger charge is -2.31. The molecule has 2 unspecified atom stereocenters. The van der Waals surface area contributed by atoms with Crippen LogP contribution in [0.2, 0.25) is 5.02 Å². The van der Waals surface area contributed by atoms with E-state index >= 15 is 0 Å². The van der Waals surface area contributed by atoms with Crippen LogP contribution >= 0.6 is 11.6 Å². The minimum Gasteiger partial charge on any atom is -0.443 e. The number of nitrogens with zero attached hydrogens (tertiary/aromatic N) is 1. The molecule has 2 heterocycles. The van der Waals surface area contributed by atoms with Crippen LogP contribution in [-0.2, 0) is 11.3 Å². The molecular weight excluding hydrogens is 486 g/mol. The second-order valence-electron chi connectivity index (χ2n) is 11.3. The number of carbonyl (C=O) groups is 2. The maximum absolute atomic E-state index is 14.0.